The van der Waals surface area contributed by atoms with Crippen LogP contribution < -0.4 is 0 Å². The van der Waals surface area contributed by atoms with Gasteiger partial charge in [0, 0.05) is 12.6 Å². The number of aliphatic hydroxyl groups excluding tert-OH is 2. The molecule has 1 aliphatic heterocycles. The van der Waals surface area contributed by atoms with Crippen molar-refractivity contribution in [3.8, 4) is 0 Å². The quantitative estimate of drug-likeness (QED) is 0.0878. The van der Waals surface area contributed by atoms with Crippen LogP contribution in [0.5, 0.6) is 0 Å². The van der Waals surface area contributed by atoms with Gasteiger partial charge in [-0.05, 0) is 34.1 Å². The Hall–Kier alpha value is -0.135. The summed E-state index contributed by atoms with van der Waals surface area (Å²) in [5.41, 5.74) is 0. The second kappa shape index (κ2) is 28.0. The summed E-state index contributed by atoms with van der Waals surface area (Å²) in [6, 6.07) is -0.690. The van der Waals surface area contributed by atoms with Crippen LogP contribution in [-0.2, 0) is 14.2 Å². The van der Waals surface area contributed by atoms with Gasteiger partial charge in [0.25, 0.3) is 0 Å². The minimum absolute atomic E-state index is 0.0232. The molecule has 2 radical (unpaired) electrons. The zero-order chi connectivity index (χ0) is 29.1. The first-order valence-corrected chi connectivity index (χ1v) is 16.8. The van der Waals surface area contributed by atoms with Crippen molar-refractivity contribution in [2.75, 3.05) is 13.2 Å². The van der Waals surface area contributed by atoms with Crippen LogP contribution in [0.1, 0.15) is 163 Å². The Morgan fingerprint density at radius 1 is 0.641 bits per heavy atom. The van der Waals surface area contributed by atoms with E-state index in [2.05, 4.69) is 6.92 Å². The molecule has 0 saturated carbocycles. The highest BCUT2D eigenvalue weighted by atomic mass is 16.6. The Bertz CT molecular complexity index is 471. The first-order valence-electron chi connectivity index (χ1n) is 16.8. The molecule has 0 aromatic heterocycles. The molecule has 5 nitrogen and oxygen atoms in total. The van der Waals surface area contributed by atoms with Crippen LogP contribution in [-0.4, -0.2) is 67.8 Å². The largest absolute Gasteiger partial charge is 0.396 e. The minimum atomic E-state index is -0.789. The fraction of sp³-hybridized carbons (Fsp3) is 1.00. The van der Waals surface area contributed by atoms with Gasteiger partial charge in [0.05, 0.1) is 18.8 Å². The number of aliphatic hydroxyl groups is 2. The number of unbranched alkanes of at least 4 members (excludes halogenated alkanes) is 19. The van der Waals surface area contributed by atoms with E-state index in [1.165, 1.54) is 122 Å². The Morgan fingerprint density at radius 2 is 1.03 bits per heavy atom. The summed E-state index contributed by atoms with van der Waals surface area (Å²) < 4.78 is 16.5. The summed E-state index contributed by atoms with van der Waals surface area (Å²) in [5.74, 6) is 0. The standard InChI is InChI=1S/C22H46O.C11H21BO4/c1-2-3-4-5-6-7-8-9-10-11-12-13-14-15-16-17-18-19-20-21-22-23;1-6(2)14-5-8-10(15-7(3)4)9(13)11(12)16-8/h23H,2-22H2,1H3;6-11,13H,5H2,1-4H3. The topological polar surface area (TPSA) is 68.2 Å². The Morgan fingerprint density at radius 3 is 1.36 bits per heavy atom. The number of hydrogen-bond donors (Lipinski definition) is 2. The average molecular weight is 555 g/mol. The summed E-state index contributed by atoms with van der Waals surface area (Å²) in [6.45, 7) is 10.8. The van der Waals surface area contributed by atoms with E-state index in [0.717, 1.165) is 6.42 Å². The summed E-state index contributed by atoms with van der Waals surface area (Å²) in [7, 11) is 5.63. The van der Waals surface area contributed by atoms with E-state index >= 15 is 0 Å². The van der Waals surface area contributed by atoms with Crippen LogP contribution in [0.2, 0.25) is 0 Å². The number of hydrogen-bond acceptors (Lipinski definition) is 5. The molecule has 1 saturated heterocycles. The van der Waals surface area contributed by atoms with E-state index in [1.807, 2.05) is 27.7 Å². The molecule has 1 fully saturated rings. The van der Waals surface area contributed by atoms with E-state index in [-0.39, 0.29) is 18.3 Å². The van der Waals surface area contributed by atoms with Gasteiger partial charge in [-0.3, -0.25) is 0 Å². The third kappa shape index (κ3) is 24.2. The second-order valence-electron chi connectivity index (χ2n) is 12.1. The summed E-state index contributed by atoms with van der Waals surface area (Å²) in [4.78, 5) is 0. The van der Waals surface area contributed by atoms with Crippen molar-refractivity contribution in [2.24, 2.45) is 0 Å². The molecule has 232 valence electrons. The summed E-state index contributed by atoms with van der Waals surface area (Å²) in [5, 5.41) is 18.5. The molecule has 2 N–H and O–H groups in total. The molecule has 0 aromatic carbocycles. The van der Waals surface area contributed by atoms with Crippen molar-refractivity contribution >= 4 is 7.85 Å². The van der Waals surface area contributed by atoms with Crippen molar-refractivity contribution in [3.63, 3.8) is 0 Å². The molecule has 0 bridgehead atoms. The van der Waals surface area contributed by atoms with Crippen LogP contribution in [0, 0.1) is 0 Å². The Labute approximate surface area is 244 Å². The Balaban J connectivity index is 0.000000787. The third-order valence-electron chi connectivity index (χ3n) is 7.41. The van der Waals surface area contributed by atoms with Crippen LogP contribution >= 0.6 is 0 Å². The monoisotopic (exact) mass is 555 g/mol. The third-order valence-corrected chi connectivity index (χ3v) is 7.41. The molecule has 0 spiro atoms. The molecule has 0 aromatic rings. The highest BCUT2D eigenvalue weighted by molar-refractivity contribution is 6.11. The lowest BCUT2D eigenvalue weighted by molar-refractivity contribution is -0.0931. The molecule has 1 rings (SSSR count). The van der Waals surface area contributed by atoms with Crippen molar-refractivity contribution in [1.29, 1.82) is 0 Å². The van der Waals surface area contributed by atoms with Gasteiger partial charge in [0.2, 0.25) is 0 Å². The predicted octanol–water partition coefficient (Wildman–Crippen LogP) is 8.26. The van der Waals surface area contributed by atoms with Crippen LogP contribution in [0.25, 0.3) is 0 Å². The van der Waals surface area contributed by atoms with Crippen molar-refractivity contribution < 1.29 is 24.4 Å². The predicted molar refractivity (Wildman–Crippen MR) is 167 cm³/mol. The van der Waals surface area contributed by atoms with Gasteiger partial charge < -0.3 is 24.4 Å². The number of rotatable bonds is 25. The van der Waals surface area contributed by atoms with Gasteiger partial charge in [-0.2, -0.15) is 0 Å². The first kappa shape index (κ1) is 38.9. The molecule has 4 unspecified atom stereocenters. The van der Waals surface area contributed by atoms with E-state index in [9.17, 15) is 5.11 Å². The van der Waals surface area contributed by atoms with Gasteiger partial charge in [-0.25, -0.2) is 0 Å². The number of ether oxygens (including phenoxy) is 3. The molecular weight excluding hydrogens is 487 g/mol. The molecular formula is C33H67BO5. The SMILES string of the molecule is CCCCCCCCCCCCCCCCCCCCCCO.[B]C1OC(COC(C)C)C(OC(C)C)C1O. The van der Waals surface area contributed by atoms with Crippen LogP contribution in [0.15, 0.2) is 0 Å². The fourth-order valence-corrected chi connectivity index (χ4v) is 5.04. The van der Waals surface area contributed by atoms with E-state index in [0.29, 0.717) is 13.2 Å². The highest BCUT2D eigenvalue weighted by Gasteiger charge is 2.42. The maximum Gasteiger partial charge on any atom is 0.114 e. The zero-order valence-electron chi connectivity index (χ0n) is 26.7. The van der Waals surface area contributed by atoms with Gasteiger partial charge in [0.1, 0.15) is 26.2 Å². The van der Waals surface area contributed by atoms with E-state index in [1.54, 1.807) is 0 Å². The van der Waals surface area contributed by atoms with E-state index in [4.69, 9.17) is 27.2 Å². The van der Waals surface area contributed by atoms with E-state index < -0.39 is 18.2 Å². The molecule has 1 heterocycles. The summed E-state index contributed by atoms with van der Waals surface area (Å²) >= 11 is 0. The van der Waals surface area contributed by atoms with Crippen LogP contribution in [0.4, 0.5) is 0 Å². The normalized spacial score (nSPS) is 21.1. The maximum absolute atomic E-state index is 9.81. The van der Waals surface area contributed by atoms with Crippen molar-refractivity contribution in [1.82, 2.24) is 0 Å². The Kier molecular flexibility index (Phi) is 27.9. The lowest BCUT2D eigenvalue weighted by Gasteiger charge is -2.23. The average Bonchev–Trinajstić information content (AvgIpc) is 3.16. The molecule has 0 aliphatic carbocycles. The molecule has 39 heavy (non-hydrogen) atoms. The smallest absolute Gasteiger partial charge is 0.114 e. The van der Waals surface area contributed by atoms with Gasteiger partial charge in [0.15, 0.2) is 0 Å². The van der Waals surface area contributed by atoms with Crippen molar-refractivity contribution in [2.45, 2.75) is 200 Å². The maximum atomic E-state index is 9.81. The van der Waals surface area contributed by atoms with Crippen molar-refractivity contribution in [3.05, 3.63) is 0 Å². The minimum Gasteiger partial charge on any atom is -0.396 e. The molecule has 6 heteroatoms. The first-order chi connectivity index (χ1) is 18.8. The highest BCUT2D eigenvalue weighted by Crippen LogP contribution is 2.24. The van der Waals surface area contributed by atoms with Crippen LogP contribution in [0.3, 0.4) is 0 Å². The molecule has 1 aliphatic rings. The van der Waals surface area contributed by atoms with Gasteiger partial charge >= 0.3 is 0 Å². The fourth-order valence-electron chi connectivity index (χ4n) is 5.04. The molecule has 0 amide bonds. The molecule has 4 atom stereocenters. The zero-order valence-corrected chi connectivity index (χ0v) is 26.7. The summed E-state index contributed by atoms with van der Waals surface area (Å²) in [6.07, 6.45) is 26.8. The van der Waals surface area contributed by atoms with Gasteiger partial charge in [-0.15, -0.1) is 0 Å². The lowest BCUT2D eigenvalue weighted by Crippen LogP contribution is -2.39. The second-order valence-corrected chi connectivity index (χ2v) is 12.1. The van der Waals surface area contributed by atoms with Gasteiger partial charge in [-0.1, -0.05) is 129 Å². The lowest BCUT2D eigenvalue weighted by atomic mass is 9.93.